The third kappa shape index (κ3) is 4.03. The van der Waals surface area contributed by atoms with Crippen LogP contribution >= 0.6 is 0 Å². The molecule has 0 spiro atoms. The predicted octanol–water partition coefficient (Wildman–Crippen LogP) is 1.99. The molecule has 1 N–H and O–H groups in total. The Morgan fingerprint density at radius 2 is 2.26 bits per heavy atom. The molecular weight excluding hydrogens is 296 g/mol. The van der Waals surface area contributed by atoms with Gasteiger partial charge in [-0.05, 0) is 26.0 Å². The molecule has 1 atom stereocenters. The Bertz CT molecular complexity index is 627. The summed E-state index contributed by atoms with van der Waals surface area (Å²) in [6.45, 7) is 7.70. The summed E-state index contributed by atoms with van der Waals surface area (Å²) in [7, 11) is 1.54. The lowest BCUT2D eigenvalue weighted by molar-refractivity contribution is -0.129. The highest BCUT2D eigenvalue weighted by molar-refractivity contribution is 5.97. The van der Waals surface area contributed by atoms with Crippen LogP contribution in [0.4, 0.5) is 5.69 Å². The number of nitrogens with one attached hydrogen (secondary N) is 1. The third-order valence-corrected chi connectivity index (χ3v) is 3.50. The van der Waals surface area contributed by atoms with Crippen LogP contribution in [-0.4, -0.2) is 43.0 Å². The lowest BCUT2D eigenvalue weighted by Crippen LogP contribution is -2.33. The van der Waals surface area contributed by atoms with Crippen LogP contribution in [0.2, 0.25) is 0 Å². The summed E-state index contributed by atoms with van der Waals surface area (Å²) in [6.07, 6.45) is 2.10. The number of rotatable bonds is 6. The van der Waals surface area contributed by atoms with E-state index < -0.39 is 0 Å². The van der Waals surface area contributed by atoms with E-state index in [1.54, 1.807) is 13.1 Å². The van der Waals surface area contributed by atoms with Gasteiger partial charge in [0.05, 0.1) is 18.8 Å². The molecule has 0 aromatic heterocycles. The summed E-state index contributed by atoms with van der Waals surface area (Å²) in [4.78, 5) is 24.9. The molecule has 1 aliphatic rings. The lowest BCUT2D eigenvalue weighted by Gasteiger charge is -2.17. The molecule has 0 saturated heterocycles. The molecule has 0 saturated carbocycles. The number of benzene rings is 1. The van der Waals surface area contributed by atoms with Crippen LogP contribution in [0.1, 0.15) is 19.4 Å². The van der Waals surface area contributed by atoms with Crippen LogP contribution in [0.5, 0.6) is 11.5 Å². The smallest absolute Gasteiger partial charge is 0.246 e. The number of hydrogen-bond acceptors (Lipinski definition) is 4. The molecule has 1 aromatic carbocycles. The van der Waals surface area contributed by atoms with Gasteiger partial charge in [-0.3, -0.25) is 9.59 Å². The highest BCUT2D eigenvalue weighted by atomic mass is 16.5. The number of fused-ring (bicyclic) bond motifs is 1. The predicted molar refractivity (Wildman–Crippen MR) is 87.9 cm³/mol. The van der Waals surface area contributed by atoms with E-state index in [2.05, 4.69) is 11.9 Å². The van der Waals surface area contributed by atoms with Crippen molar-refractivity contribution in [2.45, 2.75) is 26.4 Å². The minimum absolute atomic E-state index is 0.0647. The van der Waals surface area contributed by atoms with Crippen LogP contribution in [-0.2, 0) is 16.0 Å². The first kappa shape index (κ1) is 16.9. The molecule has 0 radical (unpaired) electrons. The summed E-state index contributed by atoms with van der Waals surface area (Å²) in [6, 6.07) is 3.67. The maximum atomic E-state index is 12.1. The van der Waals surface area contributed by atoms with Crippen molar-refractivity contribution in [2.24, 2.45) is 0 Å². The molecule has 6 heteroatoms. The van der Waals surface area contributed by atoms with Gasteiger partial charge < -0.3 is 19.7 Å². The van der Waals surface area contributed by atoms with Gasteiger partial charge >= 0.3 is 0 Å². The number of anilines is 1. The van der Waals surface area contributed by atoms with Gasteiger partial charge in [-0.2, -0.15) is 0 Å². The second kappa shape index (κ2) is 7.17. The normalized spacial score (nSPS) is 15.3. The van der Waals surface area contributed by atoms with Crippen LogP contribution < -0.4 is 14.8 Å². The molecule has 2 rings (SSSR count). The fourth-order valence-electron chi connectivity index (χ4n) is 2.45. The zero-order chi connectivity index (χ0) is 17.0. The molecule has 1 aliphatic heterocycles. The minimum atomic E-state index is -0.311. The van der Waals surface area contributed by atoms with Crippen molar-refractivity contribution < 1.29 is 19.1 Å². The van der Waals surface area contributed by atoms with Gasteiger partial charge in [0.25, 0.3) is 0 Å². The van der Waals surface area contributed by atoms with Crippen LogP contribution in [0.3, 0.4) is 0 Å². The molecule has 0 aliphatic carbocycles. The van der Waals surface area contributed by atoms with Crippen LogP contribution in [0.25, 0.3) is 0 Å². The molecule has 1 unspecified atom stereocenters. The van der Waals surface area contributed by atoms with Crippen LogP contribution in [0.15, 0.2) is 24.8 Å². The van der Waals surface area contributed by atoms with E-state index in [0.717, 1.165) is 17.7 Å². The Hall–Kier alpha value is -2.50. The molecule has 1 aromatic rings. The second-order valence-corrected chi connectivity index (χ2v) is 5.47. The molecule has 6 nitrogen and oxygen atoms in total. The fraction of sp³-hybridized carbons (Fsp3) is 0.412. The molecular formula is C17H22N2O4. The average Bonchev–Trinajstić information content (AvgIpc) is 2.85. The SMILES string of the molecule is C=CC(=O)N(C)CC(=O)Nc1cc2c(cc1OCC)CC(C)O2. The standard InChI is InChI=1S/C17H22N2O4/c1-5-17(21)19(4)10-16(20)18-13-9-14-12(7-11(3)23-14)8-15(13)22-6-2/h5,8-9,11H,1,6-7,10H2,2-4H3,(H,18,20). The summed E-state index contributed by atoms with van der Waals surface area (Å²) < 4.78 is 11.3. The van der Waals surface area contributed by atoms with Gasteiger partial charge in [0, 0.05) is 25.1 Å². The molecule has 23 heavy (non-hydrogen) atoms. The Kier molecular flexibility index (Phi) is 5.26. The largest absolute Gasteiger partial charge is 0.492 e. The summed E-state index contributed by atoms with van der Waals surface area (Å²) in [5.41, 5.74) is 1.61. The number of nitrogens with zero attached hydrogens (tertiary/aromatic N) is 1. The summed E-state index contributed by atoms with van der Waals surface area (Å²) in [5.74, 6) is 0.743. The topological polar surface area (TPSA) is 67.9 Å². The van der Waals surface area contributed by atoms with E-state index in [-0.39, 0.29) is 24.5 Å². The summed E-state index contributed by atoms with van der Waals surface area (Å²) in [5, 5.41) is 2.78. The minimum Gasteiger partial charge on any atom is -0.492 e. The zero-order valence-corrected chi connectivity index (χ0v) is 13.7. The van der Waals surface area contributed by atoms with E-state index in [1.165, 1.54) is 11.0 Å². The molecule has 1 heterocycles. The highest BCUT2D eigenvalue weighted by Crippen LogP contribution is 2.38. The van der Waals surface area contributed by atoms with Crippen molar-refractivity contribution in [2.75, 3.05) is 25.5 Å². The number of amides is 2. The van der Waals surface area contributed by atoms with Gasteiger partial charge in [0.1, 0.15) is 17.6 Å². The van der Waals surface area contributed by atoms with Gasteiger partial charge in [0.2, 0.25) is 11.8 Å². The van der Waals surface area contributed by atoms with Gasteiger partial charge in [0.15, 0.2) is 0 Å². The van der Waals surface area contributed by atoms with Crippen LogP contribution in [0, 0.1) is 0 Å². The average molecular weight is 318 g/mol. The van der Waals surface area contributed by atoms with Crippen molar-refractivity contribution >= 4 is 17.5 Å². The number of hydrogen-bond donors (Lipinski definition) is 1. The van der Waals surface area contributed by atoms with Crippen molar-refractivity contribution in [3.05, 3.63) is 30.4 Å². The second-order valence-electron chi connectivity index (χ2n) is 5.47. The van der Waals surface area contributed by atoms with Crippen molar-refractivity contribution in [1.29, 1.82) is 0 Å². The van der Waals surface area contributed by atoms with Crippen molar-refractivity contribution in [3.8, 4) is 11.5 Å². The number of carbonyl (C=O) groups excluding carboxylic acids is 2. The van der Waals surface area contributed by atoms with E-state index in [4.69, 9.17) is 9.47 Å². The highest BCUT2D eigenvalue weighted by Gasteiger charge is 2.23. The third-order valence-electron chi connectivity index (χ3n) is 3.50. The van der Waals surface area contributed by atoms with Gasteiger partial charge in [-0.1, -0.05) is 6.58 Å². The molecule has 124 valence electrons. The first-order valence-corrected chi connectivity index (χ1v) is 7.58. The maximum Gasteiger partial charge on any atom is 0.246 e. The van der Waals surface area contributed by atoms with E-state index in [0.29, 0.717) is 18.0 Å². The number of carbonyl (C=O) groups is 2. The van der Waals surface area contributed by atoms with Crippen molar-refractivity contribution in [1.82, 2.24) is 4.90 Å². The van der Waals surface area contributed by atoms with Crippen molar-refractivity contribution in [3.63, 3.8) is 0 Å². The Labute approximate surface area is 136 Å². The fourth-order valence-corrected chi connectivity index (χ4v) is 2.45. The quantitative estimate of drug-likeness (QED) is 0.815. The Balaban J connectivity index is 2.15. The van der Waals surface area contributed by atoms with E-state index in [9.17, 15) is 9.59 Å². The van der Waals surface area contributed by atoms with Gasteiger partial charge in [-0.15, -0.1) is 0 Å². The van der Waals surface area contributed by atoms with E-state index in [1.807, 2.05) is 19.9 Å². The van der Waals surface area contributed by atoms with Gasteiger partial charge in [-0.25, -0.2) is 0 Å². The Morgan fingerprint density at radius 3 is 2.91 bits per heavy atom. The molecule has 0 bridgehead atoms. The first-order valence-electron chi connectivity index (χ1n) is 7.58. The lowest BCUT2D eigenvalue weighted by atomic mass is 10.1. The number of ether oxygens (including phenoxy) is 2. The summed E-state index contributed by atoms with van der Waals surface area (Å²) >= 11 is 0. The first-order chi connectivity index (χ1) is 10.9. The monoisotopic (exact) mass is 318 g/mol. The molecule has 0 fully saturated rings. The maximum absolute atomic E-state index is 12.1. The Morgan fingerprint density at radius 1 is 1.52 bits per heavy atom. The molecule has 2 amide bonds. The number of likely N-dealkylation sites (N-methyl/N-ethyl adjacent to an activating group) is 1. The van der Waals surface area contributed by atoms with E-state index >= 15 is 0 Å². The zero-order valence-electron chi connectivity index (χ0n) is 13.7.